The van der Waals surface area contributed by atoms with Crippen LogP contribution in [-0.2, 0) is 11.2 Å². The highest BCUT2D eigenvalue weighted by atomic mass is 16.1. The molecule has 1 aliphatic carbocycles. The second-order valence-corrected chi connectivity index (χ2v) is 4.12. The summed E-state index contributed by atoms with van der Waals surface area (Å²) in [7, 11) is 0. The number of nitrogens with two attached hydrogens (primary N) is 1. The molecule has 1 amide bonds. The number of benzene rings is 1. The highest BCUT2D eigenvalue weighted by Gasteiger charge is 2.20. The molecule has 1 aromatic rings. The van der Waals surface area contributed by atoms with Gasteiger partial charge in [-0.2, -0.15) is 0 Å². The first kappa shape index (κ1) is 10.0. The summed E-state index contributed by atoms with van der Waals surface area (Å²) in [5, 5.41) is 3.37. The van der Waals surface area contributed by atoms with Gasteiger partial charge < -0.3 is 11.1 Å². The van der Waals surface area contributed by atoms with E-state index < -0.39 is 0 Å². The van der Waals surface area contributed by atoms with Gasteiger partial charge in [0.15, 0.2) is 0 Å². The summed E-state index contributed by atoms with van der Waals surface area (Å²) in [4.78, 5) is 10.9. The predicted octanol–water partition coefficient (Wildman–Crippen LogP) is 1.54. The lowest BCUT2D eigenvalue weighted by atomic mass is 10.1. The Balaban J connectivity index is 2.02. The fourth-order valence-electron chi connectivity index (χ4n) is 1.61. The van der Waals surface area contributed by atoms with Crippen molar-refractivity contribution in [3.63, 3.8) is 0 Å². The van der Waals surface area contributed by atoms with E-state index >= 15 is 0 Å². The molecule has 0 radical (unpaired) electrons. The number of carbonyl (C=O) groups is 1. The van der Waals surface area contributed by atoms with Gasteiger partial charge in [-0.3, -0.25) is 4.79 Å². The molecule has 1 aliphatic rings. The molecule has 1 aromatic carbocycles. The lowest BCUT2D eigenvalue weighted by Crippen LogP contribution is -2.15. The first-order valence-electron chi connectivity index (χ1n) is 5.36. The first-order valence-corrected chi connectivity index (χ1v) is 5.36. The van der Waals surface area contributed by atoms with Crippen LogP contribution in [0.15, 0.2) is 24.3 Å². The summed E-state index contributed by atoms with van der Waals surface area (Å²) >= 11 is 0. The van der Waals surface area contributed by atoms with Crippen molar-refractivity contribution in [3.8, 4) is 0 Å². The Morgan fingerprint density at radius 3 is 2.80 bits per heavy atom. The molecule has 0 spiro atoms. The Kier molecular flexibility index (Phi) is 2.90. The van der Waals surface area contributed by atoms with Crippen LogP contribution in [0.5, 0.6) is 0 Å². The van der Waals surface area contributed by atoms with Gasteiger partial charge in [0.05, 0.1) is 6.42 Å². The molecule has 1 fully saturated rings. The maximum atomic E-state index is 10.9. The third-order valence-electron chi connectivity index (χ3n) is 2.66. The van der Waals surface area contributed by atoms with Crippen molar-refractivity contribution in [2.24, 2.45) is 11.7 Å². The van der Waals surface area contributed by atoms with E-state index in [0.717, 1.165) is 23.7 Å². The monoisotopic (exact) mass is 204 g/mol. The molecule has 0 bridgehead atoms. The molecule has 1 saturated carbocycles. The number of carbonyl (C=O) groups excluding carboxylic acids is 1. The Labute approximate surface area is 89.7 Å². The summed E-state index contributed by atoms with van der Waals surface area (Å²) in [5.74, 6) is 0.544. The molecule has 0 unspecified atom stereocenters. The largest absolute Gasteiger partial charge is 0.385 e. The van der Waals surface area contributed by atoms with Crippen LogP contribution < -0.4 is 11.1 Å². The number of para-hydroxylation sites is 1. The summed E-state index contributed by atoms with van der Waals surface area (Å²) in [6, 6.07) is 7.85. The first-order chi connectivity index (χ1) is 7.25. The van der Waals surface area contributed by atoms with Gasteiger partial charge in [0.2, 0.25) is 5.91 Å². The maximum Gasteiger partial charge on any atom is 0.221 e. The Bertz CT molecular complexity index is 358. The van der Waals surface area contributed by atoms with Crippen LogP contribution in [0.3, 0.4) is 0 Å². The molecule has 2 rings (SSSR count). The third-order valence-corrected chi connectivity index (χ3v) is 2.66. The Morgan fingerprint density at radius 1 is 1.40 bits per heavy atom. The van der Waals surface area contributed by atoms with Crippen molar-refractivity contribution in [3.05, 3.63) is 29.8 Å². The molecule has 0 saturated heterocycles. The number of rotatable bonds is 5. The van der Waals surface area contributed by atoms with Crippen molar-refractivity contribution in [2.45, 2.75) is 19.3 Å². The Hall–Kier alpha value is -1.51. The number of nitrogens with one attached hydrogen (secondary N) is 1. The molecular weight excluding hydrogens is 188 g/mol. The summed E-state index contributed by atoms with van der Waals surface area (Å²) < 4.78 is 0. The minimum absolute atomic E-state index is 0.282. The Morgan fingerprint density at radius 2 is 2.13 bits per heavy atom. The van der Waals surface area contributed by atoms with E-state index in [1.54, 1.807) is 0 Å². The number of hydrogen-bond acceptors (Lipinski definition) is 2. The molecule has 80 valence electrons. The van der Waals surface area contributed by atoms with Gasteiger partial charge in [-0.15, -0.1) is 0 Å². The van der Waals surface area contributed by atoms with E-state index in [2.05, 4.69) is 5.32 Å². The molecule has 0 aliphatic heterocycles. The molecule has 3 N–H and O–H groups in total. The SMILES string of the molecule is NC(=O)Cc1ccccc1NCC1CC1. The van der Waals surface area contributed by atoms with Gasteiger partial charge in [-0.05, 0) is 30.4 Å². The highest BCUT2D eigenvalue weighted by molar-refractivity contribution is 5.78. The van der Waals surface area contributed by atoms with Crippen LogP contribution in [0, 0.1) is 5.92 Å². The maximum absolute atomic E-state index is 10.9. The van der Waals surface area contributed by atoms with Crippen molar-refractivity contribution in [1.82, 2.24) is 0 Å². The third kappa shape index (κ3) is 2.98. The van der Waals surface area contributed by atoms with E-state index in [4.69, 9.17) is 5.73 Å². The minimum atomic E-state index is -0.282. The van der Waals surface area contributed by atoms with Gasteiger partial charge in [0, 0.05) is 12.2 Å². The van der Waals surface area contributed by atoms with Gasteiger partial charge in [0.25, 0.3) is 0 Å². The minimum Gasteiger partial charge on any atom is -0.385 e. The van der Waals surface area contributed by atoms with Gasteiger partial charge >= 0.3 is 0 Å². The average Bonchev–Trinajstić information content (AvgIpc) is 2.99. The van der Waals surface area contributed by atoms with Crippen LogP contribution in [-0.4, -0.2) is 12.5 Å². The predicted molar refractivity (Wildman–Crippen MR) is 60.6 cm³/mol. The summed E-state index contributed by atoms with van der Waals surface area (Å²) in [6.07, 6.45) is 2.96. The van der Waals surface area contributed by atoms with E-state index in [1.807, 2.05) is 24.3 Å². The molecule has 15 heavy (non-hydrogen) atoms. The van der Waals surface area contributed by atoms with Gasteiger partial charge in [0.1, 0.15) is 0 Å². The zero-order chi connectivity index (χ0) is 10.7. The van der Waals surface area contributed by atoms with Gasteiger partial charge in [-0.25, -0.2) is 0 Å². The smallest absolute Gasteiger partial charge is 0.221 e. The van der Waals surface area contributed by atoms with E-state index in [-0.39, 0.29) is 5.91 Å². The van der Waals surface area contributed by atoms with E-state index in [1.165, 1.54) is 12.8 Å². The van der Waals surface area contributed by atoms with Gasteiger partial charge in [-0.1, -0.05) is 18.2 Å². The highest BCUT2D eigenvalue weighted by Crippen LogP contribution is 2.29. The second-order valence-electron chi connectivity index (χ2n) is 4.12. The number of anilines is 1. The average molecular weight is 204 g/mol. The zero-order valence-corrected chi connectivity index (χ0v) is 8.70. The number of amides is 1. The van der Waals surface area contributed by atoms with Crippen LogP contribution in [0.4, 0.5) is 5.69 Å². The van der Waals surface area contributed by atoms with Crippen molar-refractivity contribution in [1.29, 1.82) is 0 Å². The normalized spacial score (nSPS) is 14.9. The number of primary amides is 1. The quantitative estimate of drug-likeness (QED) is 0.764. The second kappa shape index (κ2) is 4.34. The van der Waals surface area contributed by atoms with Crippen LogP contribution >= 0.6 is 0 Å². The summed E-state index contributed by atoms with van der Waals surface area (Å²) in [6.45, 7) is 1.01. The molecule has 3 heteroatoms. The molecule has 0 aromatic heterocycles. The fourth-order valence-corrected chi connectivity index (χ4v) is 1.61. The molecule has 0 atom stereocenters. The molecule has 3 nitrogen and oxygen atoms in total. The lowest BCUT2D eigenvalue weighted by Gasteiger charge is -2.10. The van der Waals surface area contributed by atoms with Crippen molar-refractivity contribution < 1.29 is 4.79 Å². The summed E-state index contributed by atoms with van der Waals surface area (Å²) in [5.41, 5.74) is 7.23. The standard InChI is InChI=1S/C12H16N2O/c13-12(15)7-10-3-1-2-4-11(10)14-8-9-5-6-9/h1-4,9,14H,5-8H2,(H2,13,15). The topological polar surface area (TPSA) is 55.1 Å². The molecule has 0 heterocycles. The van der Waals surface area contributed by atoms with Crippen molar-refractivity contribution >= 4 is 11.6 Å². The fraction of sp³-hybridized carbons (Fsp3) is 0.417. The van der Waals surface area contributed by atoms with Crippen molar-refractivity contribution in [2.75, 3.05) is 11.9 Å². The van der Waals surface area contributed by atoms with Crippen LogP contribution in [0.1, 0.15) is 18.4 Å². The van der Waals surface area contributed by atoms with E-state index in [0.29, 0.717) is 6.42 Å². The van der Waals surface area contributed by atoms with Crippen LogP contribution in [0.25, 0.3) is 0 Å². The molecular formula is C12H16N2O. The number of hydrogen-bond donors (Lipinski definition) is 2. The lowest BCUT2D eigenvalue weighted by molar-refractivity contribution is -0.117. The van der Waals surface area contributed by atoms with E-state index in [9.17, 15) is 4.79 Å². The zero-order valence-electron chi connectivity index (χ0n) is 8.70. The van der Waals surface area contributed by atoms with Crippen LogP contribution in [0.2, 0.25) is 0 Å².